The molecule has 0 bridgehead atoms. The van der Waals surface area contributed by atoms with E-state index in [2.05, 4.69) is 11.8 Å². The third kappa shape index (κ3) is 6.51. The second-order valence-electron chi connectivity index (χ2n) is 3.60. The zero-order valence-corrected chi connectivity index (χ0v) is 9.21. The van der Waals surface area contributed by atoms with E-state index in [4.69, 9.17) is 14.6 Å². The molecule has 0 aliphatic carbocycles. The van der Waals surface area contributed by atoms with Crippen LogP contribution in [0.3, 0.4) is 0 Å². The number of unbranched alkanes of at least 4 members (excludes halogenated alkanes) is 1. The van der Waals surface area contributed by atoms with Crippen molar-refractivity contribution in [3.05, 3.63) is 0 Å². The van der Waals surface area contributed by atoms with Crippen LogP contribution in [0.1, 0.15) is 38.5 Å². The van der Waals surface area contributed by atoms with Crippen molar-refractivity contribution in [1.82, 2.24) is 0 Å². The third-order valence-electron chi connectivity index (χ3n) is 2.25. The van der Waals surface area contributed by atoms with Crippen molar-refractivity contribution in [1.29, 1.82) is 0 Å². The summed E-state index contributed by atoms with van der Waals surface area (Å²) in [5, 5.41) is 8.50. The molecule has 1 heterocycles. The predicted molar refractivity (Wildman–Crippen MR) is 58.3 cm³/mol. The van der Waals surface area contributed by atoms with Gasteiger partial charge in [-0.2, -0.15) is 0 Å². The van der Waals surface area contributed by atoms with Crippen molar-refractivity contribution >= 4 is 0 Å². The molecule has 0 spiro atoms. The van der Waals surface area contributed by atoms with E-state index in [1.54, 1.807) is 0 Å². The molecule has 0 aromatic carbocycles. The van der Waals surface area contributed by atoms with E-state index in [0.29, 0.717) is 6.42 Å². The van der Waals surface area contributed by atoms with Crippen molar-refractivity contribution in [2.45, 2.75) is 44.8 Å². The molecule has 1 rings (SSSR count). The molecule has 3 heteroatoms. The van der Waals surface area contributed by atoms with Crippen molar-refractivity contribution in [3.8, 4) is 11.8 Å². The van der Waals surface area contributed by atoms with Crippen LogP contribution in [-0.4, -0.2) is 31.2 Å². The lowest BCUT2D eigenvalue weighted by Gasteiger charge is -2.22. The number of ether oxygens (including phenoxy) is 2. The number of aliphatic hydroxyl groups excluding tert-OH is 1. The minimum atomic E-state index is 0.0177. The van der Waals surface area contributed by atoms with Crippen LogP contribution in [0.15, 0.2) is 0 Å². The maximum absolute atomic E-state index is 8.50. The Bertz CT molecular complexity index is 199. The van der Waals surface area contributed by atoms with Gasteiger partial charge >= 0.3 is 0 Å². The minimum absolute atomic E-state index is 0.0177. The minimum Gasteiger partial charge on any atom is -0.395 e. The van der Waals surface area contributed by atoms with Crippen molar-refractivity contribution in [3.63, 3.8) is 0 Å². The second-order valence-corrected chi connectivity index (χ2v) is 3.60. The molecule has 1 aliphatic rings. The van der Waals surface area contributed by atoms with Gasteiger partial charge in [0, 0.05) is 19.4 Å². The quantitative estimate of drug-likeness (QED) is 0.557. The van der Waals surface area contributed by atoms with Crippen LogP contribution in [-0.2, 0) is 9.47 Å². The molecule has 1 saturated heterocycles. The smallest absolute Gasteiger partial charge is 0.157 e. The van der Waals surface area contributed by atoms with Gasteiger partial charge in [0.1, 0.15) is 0 Å². The van der Waals surface area contributed by atoms with Gasteiger partial charge in [0.2, 0.25) is 0 Å². The third-order valence-corrected chi connectivity index (χ3v) is 2.25. The maximum atomic E-state index is 8.50. The lowest BCUT2D eigenvalue weighted by atomic mass is 10.2. The summed E-state index contributed by atoms with van der Waals surface area (Å²) in [4.78, 5) is 0. The summed E-state index contributed by atoms with van der Waals surface area (Å²) in [5.74, 6) is 5.88. The highest BCUT2D eigenvalue weighted by Gasteiger charge is 2.12. The molecule has 0 aromatic heterocycles. The number of aliphatic hydroxyl groups is 1. The molecule has 1 N–H and O–H groups in total. The first-order valence-corrected chi connectivity index (χ1v) is 5.73. The largest absolute Gasteiger partial charge is 0.395 e. The fraction of sp³-hybridized carbons (Fsp3) is 0.833. The number of hydrogen-bond acceptors (Lipinski definition) is 3. The average molecular weight is 212 g/mol. The summed E-state index contributed by atoms with van der Waals surface area (Å²) < 4.78 is 11.0. The Hall–Kier alpha value is -0.560. The monoisotopic (exact) mass is 212 g/mol. The van der Waals surface area contributed by atoms with Crippen molar-refractivity contribution in [2.75, 3.05) is 19.8 Å². The van der Waals surface area contributed by atoms with Crippen molar-refractivity contribution in [2.24, 2.45) is 0 Å². The van der Waals surface area contributed by atoms with Gasteiger partial charge in [-0.25, -0.2) is 0 Å². The predicted octanol–water partition coefficient (Wildman–Crippen LogP) is 1.70. The average Bonchev–Trinajstić information content (AvgIpc) is 2.29. The van der Waals surface area contributed by atoms with Gasteiger partial charge < -0.3 is 14.6 Å². The van der Waals surface area contributed by atoms with Crippen LogP contribution in [0.4, 0.5) is 0 Å². The first-order chi connectivity index (χ1) is 7.43. The summed E-state index contributed by atoms with van der Waals surface area (Å²) in [6.07, 6.45) is 5.77. The van der Waals surface area contributed by atoms with Crippen LogP contribution in [0.2, 0.25) is 0 Å². The molecule has 0 amide bonds. The Balaban J connectivity index is 1.90. The van der Waals surface area contributed by atoms with Crippen LogP contribution >= 0.6 is 0 Å². The highest BCUT2D eigenvalue weighted by molar-refractivity contribution is 4.98. The molecule has 1 unspecified atom stereocenters. The molecular formula is C12H20O3. The molecule has 1 fully saturated rings. The number of rotatable bonds is 5. The van der Waals surface area contributed by atoms with E-state index in [9.17, 15) is 0 Å². The topological polar surface area (TPSA) is 38.7 Å². The fourth-order valence-electron chi connectivity index (χ4n) is 1.45. The van der Waals surface area contributed by atoms with Gasteiger partial charge in [-0.05, 0) is 25.7 Å². The summed E-state index contributed by atoms with van der Waals surface area (Å²) in [6.45, 7) is 1.71. The lowest BCUT2D eigenvalue weighted by molar-refractivity contribution is -0.162. The van der Waals surface area contributed by atoms with Gasteiger partial charge in [0.15, 0.2) is 6.29 Å². The van der Waals surface area contributed by atoms with Gasteiger partial charge in [-0.15, -0.1) is 11.8 Å². The fourth-order valence-corrected chi connectivity index (χ4v) is 1.45. The Morgan fingerprint density at radius 1 is 1.27 bits per heavy atom. The Labute approximate surface area is 91.8 Å². The zero-order valence-electron chi connectivity index (χ0n) is 9.21. The second kappa shape index (κ2) is 8.72. The lowest BCUT2D eigenvalue weighted by Crippen LogP contribution is -2.22. The highest BCUT2D eigenvalue weighted by atomic mass is 16.7. The molecule has 0 saturated carbocycles. The first-order valence-electron chi connectivity index (χ1n) is 5.73. The van der Waals surface area contributed by atoms with E-state index in [1.807, 2.05) is 0 Å². The van der Waals surface area contributed by atoms with E-state index in [0.717, 1.165) is 38.9 Å². The van der Waals surface area contributed by atoms with Gasteiger partial charge in [-0.1, -0.05) is 0 Å². The van der Waals surface area contributed by atoms with E-state index in [1.165, 1.54) is 6.42 Å². The summed E-state index contributed by atoms with van der Waals surface area (Å²) in [5.41, 5.74) is 0. The summed E-state index contributed by atoms with van der Waals surface area (Å²) in [6, 6.07) is 0. The van der Waals surface area contributed by atoms with Gasteiger partial charge in [0.05, 0.1) is 13.2 Å². The van der Waals surface area contributed by atoms with Gasteiger partial charge in [0.25, 0.3) is 0 Å². The van der Waals surface area contributed by atoms with E-state index in [-0.39, 0.29) is 12.9 Å². The normalized spacial score (nSPS) is 20.7. The molecule has 0 aromatic rings. The summed E-state index contributed by atoms with van der Waals surface area (Å²) >= 11 is 0. The summed E-state index contributed by atoms with van der Waals surface area (Å²) in [7, 11) is 0. The molecule has 1 aliphatic heterocycles. The van der Waals surface area contributed by atoms with Crippen LogP contribution < -0.4 is 0 Å². The molecule has 1 atom stereocenters. The highest BCUT2D eigenvalue weighted by Crippen LogP contribution is 2.13. The molecule has 0 radical (unpaired) electrons. The van der Waals surface area contributed by atoms with Crippen LogP contribution in [0, 0.1) is 11.8 Å². The molecule has 86 valence electrons. The van der Waals surface area contributed by atoms with Crippen LogP contribution in [0.5, 0.6) is 0 Å². The van der Waals surface area contributed by atoms with Crippen LogP contribution in [0.25, 0.3) is 0 Å². The number of hydrogen-bond donors (Lipinski definition) is 1. The zero-order chi connectivity index (χ0) is 10.8. The first kappa shape index (κ1) is 12.5. The van der Waals surface area contributed by atoms with E-state index < -0.39 is 0 Å². The Morgan fingerprint density at radius 2 is 2.13 bits per heavy atom. The molecular weight excluding hydrogens is 192 g/mol. The molecule has 3 nitrogen and oxygen atoms in total. The van der Waals surface area contributed by atoms with Gasteiger partial charge in [-0.3, -0.25) is 0 Å². The Morgan fingerprint density at radius 3 is 2.87 bits per heavy atom. The van der Waals surface area contributed by atoms with Crippen molar-refractivity contribution < 1.29 is 14.6 Å². The maximum Gasteiger partial charge on any atom is 0.157 e. The molecule has 15 heavy (non-hydrogen) atoms. The standard InChI is InChI=1S/C12H20O3/c13-9-5-2-1-3-6-10-14-12-8-4-7-11-15-12/h12-13H,3-11H2. The SMILES string of the molecule is OCCC#CCCCOC1CCCCO1. The van der Waals surface area contributed by atoms with E-state index >= 15 is 0 Å². The Kier molecular flexibility index (Phi) is 7.28.